The summed E-state index contributed by atoms with van der Waals surface area (Å²) in [6.07, 6.45) is 3.86. The van der Waals surface area contributed by atoms with Crippen molar-refractivity contribution in [3.05, 3.63) is 51.2 Å². The summed E-state index contributed by atoms with van der Waals surface area (Å²) in [4.78, 5) is 19.2. The quantitative estimate of drug-likeness (QED) is 0.437. The van der Waals surface area contributed by atoms with Crippen molar-refractivity contribution in [3.63, 3.8) is 0 Å². The van der Waals surface area contributed by atoms with E-state index >= 15 is 0 Å². The molecule has 0 bridgehead atoms. The predicted molar refractivity (Wildman–Crippen MR) is 113 cm³/mol. The Hall–Kier alpha value is -2.28. The van der Waals surface area contributed by atoms with Gasteiger partial charge in [0.1, 0.15) is 5.82 Å². The zero-order chi connectivity index (χ0) is 19.9. The van der Waals surface area contributed by atoms with Crippen LogP contribution in [-0.2, 0) is 26.1 Å². The highest BCUT2D eigenvalue weighted by Crippen LogP contribution is 2.11. The molecule has 7 nitrogen and oxygen atoms in total. The Kier molecular flexibility index (Phi) is 7.14. The predicted octanol–water partition coefficient (Wildman–Crippen LogP) is 2.52. The van der Waals surface area contributed by atoms with E-state index in [1.807, 2.05) is 35.9 Å². The Morgan fingerprint density at radius 1 is 1.32 bits per heavy atom. The number of hydrogen-bond donors (Lipinski definition) is 1. The first kappa shape index (κ1) is 20.5. The van der Waals surface area contributed by atoms with E-state index < -0.39 is 0 Å². The minimum Gasteiger partial charge on any atom is -0.357 e. The Bertz CT molecular complexity index is 855. The molecule has 0 amide bonds. The summed E-state index contributed by atoms with van der Waals surface area (Å²) in [7, 11) is 2.02. The smallest absolute Gasteiger partial charge is 0.345 e. The van der Waals surface area contributed by atoms with Crippen LogP contribution < -0.4 is 11.0 Å². The van der Waals surface area contributed by atoms with E-state index in [-0.39, 0.29) is 5.69 Å². The van der Waals surface area contributed by atoms with Crippen LogP contribution in [0.2, 0.25) is 5.02 Å². The number of nitrogens with zero attached hydrogens (tertiary/aromatic N) is 5. The average Bonchev–Trinajstić information content (AvgIpc) is 3.02. The molecule has 28 heavy (non-hydrogen) atoms. The highest BCUT2D eigenvalue weighted by Gasteiger charge is 2.16. The summed E-state index contributed by atoms with van der Waals surface area (Å²) in [5.41, 5.74) is 1.19. The molecule has 2 aromatic rings. The molecule has 3 rings (SSSR count). The van der Waals surface area contributed by atoms with Crippen LogP contribution in [0.1, 0.15) is 37.6 Å². The highest BCUT2D eigenvalue weighted by atomic mass is 35.5. The van der Waals surface area contributed by atoms with Gasteiger partial charge in [-0.25, -0.2) is 9.48 Å². The van der Waals surface area contributed by atoms with Crippen molar-refractivity contribution in [2.75, 3.05) is 20.1 Å². The normalized spacial score (nSPS) is 14.0. The molecule has 0 saturated heterocycles. The third kappa shape index (κ3) is 5.16. The number of halogens is 1. The summed E-state index contributed by atoms with van der Waals surface area (Å²) in [6.45, 7) is 5.64. The lowest BCUT2D eigenvalue weighted by atomic mass is 10.2. The maximum Gasteiger partial charge on any atom is 0.345 e. The Morgan fingerprint density at radius 2 is 2.11 bits per heavy atom. The number of guanidine groups is 1. The van der Waals surface area contributed by atoms with Gasteiger partial charge in [0.05, 0.1) is 0 Å². The maximum absolute atomic E-state index is 12.4. The topological polar surface area (TPSA) is 67.5 Å². The van der Waals surface area contributed by atoms with Gasteiger partial charge in [0.25, 0.3) is 0 Å². The van der Waals surface area contributed by atoms with Gasteiger partial charge in [-0.3, -0.25) is 9.56 Å². The molecule has 0 aliphatic carbocycles. The molecule has 0 atom stereocenters. The molecular weight excluding hydrogens is 376 g/mol. The molecule has 1 aromatic heterocycles. The summed E-state index contributed by atoms with van der Waals surface area (Å²) < 4.78 is 3.41. The molecule has 8 heteroatoms. The molecule has 0 fully saturated rings. The molecule has 1 aliphatic heterocycles. The second-order valence-corrected chi connectivity index (χ2v) is 7.54. The van der Waals surface area contributed by atoms with Gasteiger partial charge >= 0.3 is 5.69 Å². The molecule has 2 heterocycles. The molecule has 1 aliphatic rings. The highest BCUT2D eigenvalue weighted by molar-refractivity contribution is 6.30. The van der Waals surface area contributed by atoms with E-state index in [4.69, 9.17) is 16.6 Å². The van der Waals surface area contributed by atoms with Crippen molar-refractivity contribution in [2.45, 2.75) is 52.2 Å². The molecule has 1 aromatic carbocycles. The van der Waals surface area contributed by atoms with Crippen LogP contribution in [0.15, 0.2) is 34.1 Å². The first-order valence-electron chi connectivity index (χ1n) is 9.99. The second kappa shape index (κ2) is 9.78. The molecule has 0 radical (unpaired) electrons. The molecular formula is C20H29ClN6O. The molecule has 152 valence electrons. The summed E-state index contributed by atoms with van der Waals surface area (Å²) in [5.74, 6) is 1.78. The van der Waals surface area contributed by atoms with Crippen LogP contribution in [0.25, 0.3) is 0 Å². The zero-order valence-corrected chi connectivity index (χ0v) is 17.5. The van der Waals surface area contributed by atoms with Crippen molar-refractivity contribution >= 4 is 17.6 Å². The van der Waals surface area contributed by atoms with Crippen LogP contribution in [-0.4, -0.2) is 45.3 Å². The third-order valence-electron chi connectivity index (χ3n) is 4.85. The van der Waals surface area contributed by atoms with Gasteiger partial charge in [-0.05, 0) is 43.9 Å². The number of aromatic nitrogens is 3. The van der Waals surface area contributed by atoms with Gasteiger partial charge in [-0.1, -0.05) is 23.7 Å². The van der Waals surface area contributed by atoms with Crippen molar-refractivity contribution in [2.24, 2.45) is 4.99 Å². The molecule has 0 spiro atoms. The van der Waals surface area contributed by atoms with E-state index in [0.29, 0.717) is 13.1 Å². The average molecular weight is 405 g/mol. The van der Waals surface area contributed by atoms with Crippen LogP contribution in [0, 0.1) is 0 Å². The molecule has 0 unspecified atom stereocenters. The fraction of sp³-hybridized carbons (Fsp3) is 0.550. The Morgan fingerprint density at radius 3 is 2.82 bits per heavy atom. The van der Waals surface area contributed by atoms with E-state index in [2.05, 4.69) is 22.2 Å². The number of fused-ring (bicyclic) bond motifs is 1. The summed E-state index contributed by atoms with van der Waals surface area (Å²) >= 11 is 5.96. The van der Waals surface area contributed by atoms with Gasteiger partial charge in [0.15, 0.2) is 5.96 Å². The second-order valence-electron chi connectivity index (χ2n) is 7.10. The fourth-order valence-electron chi connectivity index (χ4n) is 3.41. The number of hydrogen-bond acceptors (Lipinski definition) is 3. The lowest BCUT2D eigenvalue weighted by molar-refractivity contribution is 0.474. The fourth-order valence-corrected chi connectivity index (χ4v) is 3.53. The first-order chi connectivity index (χ1) is 13.6. The lowest BCUT2D eigenvalue weighted by Gasteiger charge is -2.22. The zero-order valence-electron chi connectivity index (χ0n) is 16.7. The molecule has 0 saturated carbocycles. The minimum atomic E-state index is 0.0189. The Balaban J connectivity index is 1.56. The van der Waals surface area contributed by atoms with E-state index in [1.165, 1.54) is 5.56 Å². The maximum atomic E-state index is 12.4. The number of aliphatic imine (C=N–C) groups is 1. The van der Waals surface area contributed by atoms with Gasteiger partial charge in [0.2, 0.25) is 0 Å². The van der Waals surface area contributed by atoms with Crippen LogP contribution >= 0.6 is 11.6 Å². The van der Waals surface area contributed by atoms with Crippen molar-refractivity contribution in [3.8, 4) is 0 Å². The monoisotopic (exact) mass is 404 g/mol. The van der Waals surface area contributed by atoms with E-state index in [9.17, 15) is 4.79 Å². The van der Waals surface area contributed by atoms with Crippen LogP contribution in [0.3, 0.4) is 0 Å². The number of rotatable bonds is 7. The van der Waals surface area contributed by atoms with E-state index in [1.54, 1.807) is 4.68 Å². The molecule has 1 N–H and O–H groups in total. The van der Waals surface area contributed by atoms with Crippen molar-refractivity contribution in [1.29, 1.82) is 0 Å². The van der Waals surface area contributed by atoms with Gasteiger partial charge in [-0.15, -0.1) is 0 Å². The largest absolute Gasteiger partial charge is 0.357 e. The number of benzene rings is 1. The number of aryl methyl sites for hydroxylation is 2. The van der Waals surface area contributed by atoms with Crippen LogP contribution in [0.5, 0.6) is 0 Å². The lowest BCUT2D eigenvalue weighted by Crippen LogP contribution is -2.38. The Labute approximate surface area is 171 Å². The van der Waals surface area contributed by atoms with Crippen molar-refractivity contribution < 1.29 is 0 Å². The van der Waals surface area contributed by atoms with Gasteiger partial charge in [0, 0.05) is 51.2 Å². The number of nitrogens with one attached hydrogen (secondary N) is 1. The summed E-state index contributed by atoms with van der Waals surface area (Å²) in [5, 5.41) is 8.55. The van der Waals surface area contributed by atoms with Crippen LogP contribution in [0.4, 0.5) is 0 Å². The minimum absolute atomic E-state index is 0.0189. The van der Waals surface area contributed by atoms with E-state index in [0.717, 1.165) is 62.1 Å². The van der Waals surface area contributed by atoms with Crippen molar-refractivity contribution in [1.82, 2.24) is 24.6 Å². The first-order valence-corrected chi connectivity index (χ1v) is 10.4. The third-order valence-corrected chi connectivity index (χ3v) is 5.10. The van der Waals surface area contributed by atoms with Gasteiger partial charge in [-0.2, -0.15) is 5.10 Å². The SMILES string of the molecule is CCNC(=NCCCn1nc2n(c1=O)CCCC2)N(C)Cc1ccc(Cl)cc1. The van der Waals surface area contributed by atoms with Gasteiger partial charge < -0.3 is 10.2 Å². The summed E-state index contributed by atoms with van der Waals surface area (Å²) in [6, 6.07) is 7.85. The standard InChI is InChI=1S/C20H29ClN6O/c1-3-22-19(25(2)15-16-8-10-17(21)11-9-16)23-12-6-14-27-20(28)26-13-5-4-7-18(26)24-27/h8-11H,3-7,12-15H2,1-2H3,(H,22,23).